The largest absolute Gasteiger partial charge is 0.535 e. The normalized spacial score (nSPS) is 23.7. The molecule has 0 saturated carbocycles. The lowest BCUT2D eigenvalue weighted by Crippen LogP contribution is -2.37. The van der Waals surface area contributed by atoms with Gasteiger partial charge < -0.3 is 14.5 Å². The van der Waals surface area contributed by atoms with Gasteiger partial charge in [0.15, 0.2) is 0 Å². The fourth-order valence-corrected chi connectivity index (χ4v) is 5.74. The number of pyridine rings is 1. The highest BCUT2D eigenvalue weighted by Crippen LogP contribution is 2.42. The number of nitrogens with one attached hydrogen (secondary N) is 1. The lowest BCUT2D eigenvalue weighted by molar-refractivity contribution is -0.341. The van der Waals surface area contributed by atoms with Gasteiger partial charge in [0.25, 0.3) is 0 Å². The van der Waals surface area contributed by atoms with Crippen molar-refractivity contribution in [3.05, 3.63) is 58.9 Å². The number of aromatic amines is 1. The Balaban J connectivity index is 1.28. The van der Waals surface area contributed by atoms with E-state index < -0.39 is 12.4 Å². The summed E-state index contributed by atoms with van der Waals surface area (Å²) in [5, 5.41) is 0.956. The van der Waals surface area contributed by atoms with Crippen LogP contribution in [0.25, 0.3) is 27.0 Å². The van der Waals surface area contributed by atoms with Gasteiger partial charge in [-0.15, -0.1) is 20.1 Å². The topological polar surface area (TPSA) is 59.6 Å². The van der Waals surface area contributed by atoms with Crippen LogP contribution in [0.3, 0.4) is 0 Å². The fourth-order valence-electron chi connectivity index (χ4n) is 4.67. The number of hydrogen-bond donors (Lipinski definition) is 1. The average Bonchev–Trinajstić information content (AvgIpc) is 3.53. The third-order valence-corrected chi connectivity index (χ3v) is 7.79. The first-order valence-corrected chi connectivity index (χ1v) is 11.8. The first kappa shape index (κ1) is 21.0. The molecule has 0 radical (unpaired) electrons. The Morgan fingerprint density at radius 2 is 2.09 bits per heavy atom. The van der Waals surface area contributed by atoms with Crippen LogP contribution in [0.1, 0.15) is 29.8 Å². The number of alkyl halides is 2. The summed E-state index contributed by atoms with van der Waals surface area (Å²) < 4.78 is 41.7. The van der Waals surface area contributed by atoms with Crippen molar-refractivity contribution < 1.29 is 23.0 Å². The number of nitrogens with zero attached hydrogens (tertiary/aromatic N) is 2. The quantitative estimate of drug-likeness (QED) is 0.558. The van der Waals surface area contributed by atoms with E-state index in [4.69, 9.17) is 9.47 Å². The molecule has 172 valence electrons. The molecule has 2 aliphatic heterocycles. The maximum absolute atomic E-state index is 13.5. The predicted octanol–water partition coefficient (Wildman–Crippen LogP) is 5.32. The van der Waals surface area contributed by atoms with Gasteiger partial charge in [-0.2, -0.15) is 0 Å². The standard InChI is InChI=1S/C24H23F2N3O3S/c1-14(29-6-8-30-9-7-29)21-4-5-22(33-21)16-10-17-18(13-28-23(17)27-12-16)15-2-3-19-20(11-15)32-24(25,26)31-19/h2-5,10,12-14,20H,6-9,11H2,1H3,(H,27,28). The molecule has 2 saturated heterocycles. The lowest BCUT2D eigenvalue weighted by atomic mass is 9.94. The number of aromatic nitrogens is 2. The van der Waals surface area contributed by atoms with Gasteiger partial charge >= 0.3 is 6.29 Å². The molecule has 33 heavy (non-hydrogen) atoms. The number of hydrogen-bond acceptors (Lipinski definition) is 6. The van der Waals surface area contributed by atoms with Crippen LogP contribution in [-0.2, 0) is 14.2 Å². The van der Waals surface area contributed by atoms with Crippen molar-refractivity contribution in [2.75, 3.05) is 26.3 Å². The van der Waals surface area contributed by atoms with Gasteiger partial charge in [0, 0.05) is 64.2 Å². The molecular formula is C24H23F2N3O3S. The van der Waals surface area contributed by atoms with Crippen LogP contribution in [0, 0.1) is 0 Å². The molecule has 9 heteroatoms. The highest BCUT2D eigenvalue weighted by atomic mass is 32.1. The molecule has 2 fully saturated rings. The second kappa shape index (κ2) is 8.02. The van der Waals surface area contributed by atoms with Crippen LogP contribution in [-0.4, -0.2) is 53.6 Å². The molecule has 0 aromatic carbocycles. The lowest BCUT2D eigenvalue weighted by Gasteiger charge is -2.31. The van der Waals surface area contributed by atoms with Gasteiger partial charge in [0.05, 0.1) is 13.2 Å². The maximum Gasteiger partial charge on any atom is 0.535 e. The first-order valence-electron chi connectivity index (χ1n) is 11.0. The van der Waals surface area contributed by atoms with Crippen LogP contribution < -0.4 is 0 Å². The van der Waals surface area contributed by atoms with E-state index in [9.17, 15) is 8.78 Å². The number of H-pyrrole nitrogens is 1. The molecule has 6 rings (SSSR count). The van der Waals surface area contributed by atoms with Crippen LogP contribution in [0.5, 0.6) is 0 Å². The molecule has 2 atom stereocenters. The van der Waals surface area contributed by atoms with Gasteiger partial charge in [-0.1, -0.05) is 6.08 Å². The van der Waals surface area contributed by atoms with Gasteiger partial charge in [-0.05, 0) is 36.8 Å². The molecule has 0 spiro atoms. The van der Waals surface area contributed by atoms with Crippen LogP contribution in [0.2, 0.25) is 0 Å². The van der Waals surface area contributed by atoms with Crippen LogP contribution >= 0.6 is 11.3 Å². The smallest absolute Gasteiger partial charge is 0.411 e. The summed E-state index contributed by atoms with van der Waals surface area (Å²) in [5.41, 5.74) is 3.64. The summed E-state index contributed by atoms with van der Waals surface area (Å²) in [6.45, 7) is 5.69. The summed E-state index contributed by atoms with van der Waals surface area (Å²) in [4.78, 5) is 12.7. The van der Waals surface area contributed by atoms with Crippen LogP contribution in [0.4, 0.5) is 8.78 Å². The average molecular weight is 472 g/mol. The van der Waals surface area contributed by atoms with Crippen molar-refractivity contribution in [1.82, 2.24) is 14.9 Å². The molecule has 2 unspecified atom stereocenters. The highest BCUT2D eigenvalue weighted by molar-refractivity contribution is 7.15. The van der Waals surface area contributed by atoms with Crippen molar-refractivity contribution >= 4 is 27.9 Å². The zero-order valence-corrected chi connectivity index (χ0v) is 18.8. The number of halogens is 2. The molecule has 0 amide bonds. The Bertz CT molecular complexity index is 1260. The molecule has 3 aromatic heterocycles. The van der Waals surface area contributed by atoms with E-state index in [1.165, 1.54) is 4.88 Å². The Hall–Kier alpha value is -2.59. The van der Waals surface area contributed by atoms with Crippen molar-refractivity contribution in [2.45, 2.75) is 31.8 Å². The summed E-state index contributed by atoms with van der Waals surface area (Å²) >= 11 is 1.78. The number of ether oxygens (including phenoxy) is 3. The number of morpholine rings is 1. The van der Waals surface area contributed by atoms with Gasteiger partial charge in [0.2, 0.25) is 0 Å². The first-order chi connectivity index (χ1) is 16.0. The Kier molecular flexibility index (Phi) is 5.10. The van der Waals surface area contributed by atoms with E-state index in [0.717, 1.165) is 58.9 Å². The van der Waals surface area contributed by atoms with E-state index in [-0.39, 0.29) is 5.76 Å². The summed E-state index contributed by atoms with van der Waals surface area (Å²) in [7, 11) is 0. The second-order valence-corrected chi connectivity index (χ2v) is 9.60. The number of fused-ring (bicyclic) bond motifs is 2. The number of rotatable bonds is 4. The molecular weight excluding hydrogens is 448 g/mol. The van der Waals surface area contributed by atoms with Gasteiger partial charge in [-0.25, -0.2) is 4.98 Å². The fraction of sp³-hybridized carbons (Fsp3) is 0.375. The van der Waals surface area contributed by atoms with E-state index in [0.29, 0.717) is 12.5 Å². The van der Waals surface area contributed by atoms with E-state index in [1.54, 1.807) is 17.4 Å². The second-order valence-electron chi connectivity index (χ2n) is 8.49. The third kappa shape index (κ3) is 3.89. The van der Waals surface area contributed by atoms with Gasteiger partial charge in [-0.3, -0.25) is 9.64 Å². The molecule has 3 aromatic rings. The zero-order chi connectivity index (χ0) is 22.6. The van der Waals surface area contributed by atoms with Crippen molar-refractivity contribution in [3.63, 3.8) is 0 Å². The van der Waals surface area contributed by atoms with Crippen molar-refractivity contribution in [3.8, 4) is 10.4 Å². The summed E-state index contributed by atoms with van der Waals surface area (Å²) in [6.07, 6.45) is 3.11. The Morgan fingerprint density at radius 1 is 1.24 bits per heavy atom. The van der Waals surface area contributed by atoms with Crippen molar-refractivity contribution in [2.24, 2.45) is 0 Å². The molecule has 6 nitrogen and oxygen atoms in total. The molecule has 0 bridgehead atoms. The van der Waals surface area contributed by atoms with Crippen molar-refractivity contribution in [1.29, 1.82) is 0 Å². The van der Waals surface area contributed by atoms with E-state index in [1.807, 2.05) is 18.5 Å². The summed E-state index contributed by atoms with van der Waals surface area (Å²) in [5.74, 6) is 0.169. The summed E-state index contributed by atoms with van der Waals surface area (Å²) in [6, 6.07) is 6.79. The predicted molar refractivity (Wildman–Crippen MR) is 122 cm³/mol. The molecule has 3 aliphatic rings. The molecule has 1 N–H and O–H groups in total. The minimum Gasteiger partial charge on any atom is -0.411 e. The zero-order valence-electron chi connectivity index (χ0n) is 18.0. The minimum absolute atomic E-state index is 0.169. The Morgan fingerprint density at radius 3 is 2.94 bits per heavy atom. The highest BCUT2D eigenvalue weighted by Gasteiger charge is 2.48. The number of allylic oxidation sites excluding steroid dienone is 2. The monoisotopic (exact) mass is 471 g/mol. The van der Waals surface area contributed by atoms with E-state index in [2.05, 4.69) is 44.7 Å². The third-order valence-electron chi connectivity index (χ3n) is 6.48. The SMILES string of the molecule is CC(c1ccc(-c2cnc3[nH]cc(C4=CC=C5OC(F)(F)OC5C4)c3c2)s1)N1CCOCC1. The van der Waals surface area contributed by atoms with Gasteiger partial charge in [0.1, 0.15) is 17.5 Å². The van der Waals surface area contributed by atoms with E-state index >= 15 is 0 Å². The molecule has 5 heterocycles. The minimum atomic E-state index is -3.57. The van der Waals surface area contributed by atoms with Crippen LogP contribution in [0.15, 0.2) is 48.5 Å². The number of thiophene rings is 1. The molecule has 1 aliphatic carbocycles. The maximum atomic E-state index is 13.5. The Labute approximate surface area is 193 Å².